The highest BCUT2D eigenvalue weighted by Gasteiger charge is 2.10. The predicted molar refractivity (Wildman–Crippen MR) is 72.6 cm³/mol. The molecule has 0 unspecified atom stereocenters. The Bertz CT molecular complexity index is 590. The number of para-hydroxylation sites is 1. The molecule has 0 bridgehead atoms. The van der Waals surface area contributed by atoms with Crippen molar-refractivity contribution in [1.82, 2.24) is 20.1 Å². The number of benzene rings is 1. The lowest BCUT2D eigenvalue weighted by atomic mass is 10.1. The number of aromatic nitrogens is 3. The summed E-state index contributed by atoms with van der Waals surface area (Å²) in [4.78, 5) is 16.1. The van der Waals surface area contributed by atoms with Crippen molar-refractivity contribution in [1.29, 1.82) is 0 Å². The molecule has 0 spiro atoms. The topological polar surface area (TPSA) is 85.8 Å². The lowest BCUT2D eigenvalue weighted by molar-refractivity contribution is 0.0955. The van der Waals surface area contributed by atoms with E-state index in [0.717, 1.165) is 5.56 Å². The normalized spacial score (nSPS) is 10.4. The summed E-state index contributed by atoms with van der Waals surface area (Å²) in [5.74, 6) is 0.539. The molecule has 0 radical (unpaired) electrons. The van der Waals surface area contributed by atoms with Gasteiger partial charge in [0.2, 0.25) is 0 Å². The SMILES string of the molecule is Cc1cccc(C(=O)NCCc2ncn(C)n2)c1N. The Balaban J connectivity index is 1.93. The number of amides is 1. The van der Waals surface area contributed by atoms with Gasteiger partial charge in [0, 0.05) is 25.7 Å². The number of nitrogen functional groups attached to an aromatic ring is 1. The van der Waals surface area contributed by atoms with Crippen LogP contribution in [0.5, 0.6) is 0 Å². The fourth-order valence-corrected chi connectivity index (χ4v) is 1.76. The third-order valence-corrected chi connectivity index (χ3v) is 2.85. The second kappa shape index (κ2) is 5.51. The molecule has 1 heterocycles. The van der Waals surface area contributed by atoms with E-state index in [2.05, 4.69) is 15.4 Å². The lowest BCUT2D eigenvalue weighted by Gasteiger charge is -2.08. The maximum absolute atomic E-state index is 12.0. The van der Waals surface area contributed by atoms with Crippen molar-refractivity contribution in [3.8, 4) is 0 Å². The Labute approximate surface area is 111 Å². The van der Waals surface area contributed by atoms with Gasteiger partial charge in [-0.3, -0.25) is 9.48 Å². The second-order valence-electron chi connectivity index (χ2n) is 4.38. The van der Waals surface area contributed by atoms with Crippen molar-refractivity contribution in [3.63, 3.8) is 0 Å². The quantitative estimate of drug-likeness (QED) is 0.790. The molecule has 3 N–H and O–H groups in total. The number of anilines is 1. The number of hydrogen-bond donors (Lipinski definition) is 2. The highest BCUT2D eigenvalue weighted by molar-refractivity contribution is 5.99. The Morgan fingerprint density at radius 1 is 1.47 bits per heavy atom. The van der Waals surface area contributed by atoms with E-state index in [1.54, 1.807) is 17.1 Å². The van der Waals surface area contributed by atoms with Crippen molar-refractivity contribution < 1.29 is 4.79 Å². The van der Waals surface area contributed by atoms with Gasteiger partial charge in [0.15, 0.2) is 5.82 Å². The molecule has 19 heavy (non-hydrogen) atoms. The minimum atomic E-state index is -0.169. The fourth-order valence-electron chi connectivity index (χ4n) is 1.76. The van der Waals surface area contributed by atoms with E-state index < -0.39 is 0 Å². The van der Waals surface area contributed by atoms with Gasteiger partial charge < -0.3 is 11.1 Å². The van der Waals surface area contributed by atoms with Crippen LogP contribution in [0.2, 0.25) is 0 Å². The third-order valence-electron chi connectivity index (χ3n) is 2.85. The number of rotatable bonds is 4. The van der Waals surface area contributed by atoms with Crippen LogP contribution in [0.25, 0.3) is 0 Å². The van der Waals surface area contributed by atoms with Crippen LogP contribution < -0.4 is 11.1 Å². The molecular weight excluding hydrogens is 242 g/mol. The van der Waals surface area contributed by atoms with Crippen LogP contribution >= 0.6 is 0 Å². The number of carbonyl (C=O) groups is 1. The Morgan fingerprint density at radius 3 is 2.95 bits per heavy atom. The number of nitrogens with one attached hydrogen (secondary N) is 1. The van der Waals surface area contributed by atoms with Crippen LogP contribution in [0, 0.1) is 6.92 Å². The summed E-state index contributed by atoms with van der Waals surface area (Å²) in [6, 6.07) is 5.42. The van der Waals surface area contributed by atoms with Crippen molar-refractivity contribution in [2.45, 2.75) is 13.3 Å². The molecule has 0 aliphatic rings. The zero-order valence-electron chi connectivity index (χ0n) is 11.1. The van der Waals surface area contributed by atoms with E-state index in [1.165, 1.54) is 0 Å². The van der Waals surface area contributed by atoms with Gasteiger partial charge in [-0.2, -0.15) is 5.10 Å². The minimum absolute atomic E-state index is 0.169. The first kappa shape index (κ1) is 13.1. The molecule has 6 nitrogen and oxygen atoms in total. The van der Waals surface area contributed by atoms with Crippen molar-refractivity contribution in [3.05, 3.63) is 41.5 Å². The molecule has 1 aromatic heterocycles. The summed E-state index contributed by atoms with van der Waals surface area (Å²) in [7, 11) is 1.81. The maximum Gasteiger partial charge on any atom is 0.253 e. The zero-order chi connectivity index (χ0) is 13.8. The van der Waals surface area contributed by atoms with Crippen molar-refractivity contribution in [2.75, 3.05) is 12.3 Å². The summed E-state index contributed by atoms with van der Waals surface area (Å²) in [6.45, 7) is 2.36. The largest absolute Gasteiger partial charge is 0.398 e. The standard InChI is InChI=1S/C13H17N5O/c1-9-4-3-5-10(12(9)14)13(19)15-7-6-11-16-8-18(2)17-11/h3-5,8H,6-7,14H2,1-2H3,(H,15,19). The summed E-state index contributed by atoms with van der Waals surface area (Å²) < 4.78 is 1.63. The third kappa shape index (κ3) is 3.09. The molecule has 0 saturated heterocycles. The summed E-state index contributed by atoms with van der Waals surface area (Å²) in [5.41, 5.74) is 7.82. The smallest absolute Gasteiger partial charge is 0.253 e. The summed E-state index contributed by atoms with van der Waals surface area (Å²) in [6.07, 6.45) is 2.23. The molecule has 2 rings (SSSR count). The van der Waals surface area contributed by atoms with Gasteiger partial charge in [-0.1, -0.05) is 12.1 Å². The first-order valence-corrected chi connectivity index (χ1v) is 6.05. The van der Waals surface area contributed by atoms with Crippen LogP contribution in [0.1, 0.15) is 21.7 Å². The van der Waals surface area contributed by atoms with Crippen LogP contribution in [-0.2, 0) is 13.5 Å². The highest BCUT2D eigenvalue weighted by Crippen LogP contribution is 2.15. The minimum Gasteiger partial charge on any atom is -0.398 e. The van der Waals surface area contributed by atoms with E-state index in [0.29, 0.717) is 30.0 Å². The maximum atomic E-state index is 12.0. The van der Waals surface area contributed by atoms with Gasteiger partial charge in [-0.15, -0.1) is 0 Å². The average Bonchev–Trinajstić information content (AvgIpc) is 2.78. The molecule has 0 aliphatic heterocycles. The number of nitrogens with two attached hydrogens (primary N) is 1. The molecule has 100 valence electrons. The zero-order valence-corrected chi connectivity index (χ0v) is 11.1. The Kier molecular flexibility index (Phi) is 3.79. The fraction of sp³-hybridized carbons (Fsp3) is 0.308. The highest BCUT2D eigenvalue weighted by atomic mass is 16.1. The number of aryl methyl sites for hydroxylation is 2. The molecule has 6 heteroatoms. The van der Waals surface area contributed by atoms with E-state index in [9.17, 15) is 4.79 Å². The number of carbonyl (C=O) groups excluding carboxylic acids is 1. The van der Waals surface area contributed by atoms with Crippen LogP contribution in [0.4, 0.5) is 5.69 Å². The molecule has 2 aromatic rings. The summed E-state index contributed by atoms with van der Waals surface area (Å²) in [5, 5.41) is 6.96. The van der Waals surface area contributed by atoms with Crippen LogP contribution in [0.15, 0.2) is 24.5 Å². The molecule has 0 aliphatic carbocycles. The number of nitrogens with zero attached hydrogens (tertiary/aromatic N) is 3. The molecule has 0 atom stereocenters. The van der Waals surface area contributed by atoms with Gasteiger partial charge in [0.1, 0.15) is 6.33 Å². The van der Waals surface area contributed by atoms with E-state index in [1.807, 2.05) is 26.1 Å². The number of hydrogen-bond acceptors (Lipinski definition) is 4. The van der Waals surface area contributed by atoms with Gasteiger partial charge in [-0.05, 0) is 18.6 Å². The molecule has 1 amide bonds. The van der Waals surface area contributed by atoms with Gasteiger partial charge in [0.05, 0.1) is 5.56 Å². The van der Waals surface area contributed by atoms with Crippen LogP contribution in [-0.4, -0.2) is 27.2 Å². The molecule has 1 aromatic carbocycles. The Morgan fingerprint density at radius 2 is 2.26 bits per heavy atom. The monoisotopic (exact) mass is 259 g/mol. The van der Waals surface area contributed by atoms with Crippen molar-refractivity contribution >= 4 is 11.6 Å². The van der Waals surface area contributed by atoms with Gasteiger partial charge in [-0.25, -0.2) is 4.98 Å². The van der Waals surface area contributed by atoms with Gasteiger partial charge >= 0.3 is 0 Å². The predicted octanol–water partition coefficient (Wildman–Crippen LogP) is 0.678. The van der Waals surface area contributed by atoms with E-state index in [-0.39, 0.29) is 5.91 Å². The lowest BCUT2D eigenvalue weighted by Crippen LogP contribution is -2.27. The molecular formula is C13H17N5O. The first-order chi connectivity index (χ1) is 9.08. The van der Waals surface area contributed by atoms with Gasteiger partial charge in [0.25, 0.3) is 5.91 Å². The van der Waals surface area contributed by atoms with E-state index >= 15 is 0 Å². The van der Waals surface area contributed by atoms with E-state index in [4.69, 9.17) is 5.73 Å². The Hall–Kier alpha value is -2.37. The average molecular weight is 259 g/mol. The van der Waals surface area contributed by atoms with Crippen molar-refractivity contribution in [2.24, 2.45) is 7.05 Å². The first-order valence-electron chi connectivity index (χ1n) is 6.05. The second-order valence-corrected chi connectivity index (χ2v) is 4.38. The summed E-state index contributed by atoms with van der Waals surface area (Å²) >= 11 is 0. The molecule has 0 saturated carbocycles. The molecule has 0 fully saturated rings. The van der Waals surface area contributed by atoms with Crippen LogP contribution in [0.3, 0.4) is 0 Å².